The summed E-state index contributed by atoms with van der Waals surface area (Å²) in [7, 11) is 0. The molecule has 0 saturated carbocycles. The number of benzene rings is 1. The van der Waals surface area contributed by atoms with Crippen LogP contribution >= 0.6 is 0 Å². The van der Waals surface area contributed by atoms with E-state index in [4.69, 9.17) is 15.6 Å². The van der Waals surface area contributed by atoms with Crippen molar-refractivity contribution in [2.75, 3.05) is 13.2 Å². The van der Waals surface area contributed by atoms with E-state index in [2.05, 4.69) is 6.58 Å². The van der Waals surface area contributed by atoms with Gasteiger partial charge in [-0.25, -0.2) is 0 Å². The topological polar surface area (TPSA) is 72.5 Å². The Labute approximate surface area is 101 Å². The Morgan fingerprint density at radius 2 is 2.06 bits per heavy atom. The van der Waals surface area contributed by atoms with Gasteiger partial charge in [0.15, 0.2) is 0 Å². The van der Waals surface area contributed by atoms with E-state index in [1.807, 2.05) is 6.92 Å². The van der Waals surface area contributed by atoms with Crippen LogP contribution in [0.1, 0.15) is 18.4 Å². The molecule has 0 aliphatic carbocycles. The summed E-state index contributed by atoms with van der Waals surface area (Å²) in [6, 6.07) is 6.92. The number of ether oxygens (including phenoxy) is 1. The maximum Gasteiger partial charge on any atom is 0.312 e. The number of carboxylic acid groups (broad SMARTS) is 1. The molecule has 3 N–H and O–H groups in total. The molecule has 0 amide bonds. The minimum Gasteiger partial charge on any atom is -0.489 e. The molecule has 1 unspecified atom stereocenters. The monoisotopic (exact) mass is 235 g/mol. The zero-order chi connectivity index (χ0) is 12.8. The highest BCUT2D eigenvalue weighted by molar-refractivity contribution is 5.76. The third-order valence-corrected chi connectivity index (χ3v) is 2.30. The first-order valence-electron chi connectivity index (χ1n) is 5.34. The van der Waals surface area contributed by atoms with Gasteiger partial charge in [0.2, 0.25) is 0 Å². The van der Waals surface area contributed by atoms with E-state index < -0.39 is 11.9 Å². The van der Waals surface area contributed by atoms with Crippen LogP contribution in [0.3, 0.4) is 0 Å². The van der Waals surface area contributed by atoms with Gasteiger partial charge in [-0.15, -0.1) is 0 Å². The molecule has 0 heterocycles. The SMILES string of the molecule is C=C(C)COc1ccc(C(CN)C(=O)O)cc1. The van der Waals surface area contributed by atoms with Crippen LogP contribution in [0.25, 0.3) is 0 Å². The van der Waals surface area contributed by atoms with Crippen LogP contribution in [0.5, 0.6) is 5.75 Å². The summed E-state index contributed by atoms with van der Waals surface area (Å²) in [5.74, 6) is -0.883. The Balaban J connectivity index is 2.73. The van der Waals surface area contributed by atoms with Crippen molar-refractivity contribution in [2.45, 2.75) is 12.8 Å². The highest BCUT2D eigenvalue weighted by Gasteiger charge is 2.17. The first kappa shape index (κ1) is 13.3. The molecule has 0 saturated heterocycles. The van der Waals surface area contributed by atoms with Gasteiger partial charge in [-0.2, -0.15) is 0 Å². The Hall–Kier alpha value is -1.81. The van der Waals surface area contributed by atoms with Gasteiger partial charge in [-0.3, -0.25) is 4.79 Å². The van der Waals surface area contributed by atoms with Gasteiger partial charge in [0.25, 0.3) is 0 Å². The number of aliphatic carboxylic acids is 1. The Morgan fingerprint density at radius 3 is 2.47 bits per heavy atom. The van der Waals surface area contributed by atoms with Gasteiger partial charge in [0, 0.05) is 6.54 Å². The minimum absolute atomic E-state index is 0.0846. The van der Waals surface area contributed by atoms with Crippen LogP contribution in [0, 0.1) is 0 Å². The standard InChI is InChI=1S/C13H17NO3/c1-9(2)8-17-11-5-3-10(4-6-11)12(7-14)13(15)16/h3-6,12H,1,7-8,14H2,2H3,(H,15,16). The molecule has 0 aliphatic heterocycles. The summed E-state index contributed by atoms with van der Waals surface area (Å²) >= 11 is 0. The quantitative estimate of drug-likeness (QED) is 0.737. The average molecular weight is 235 g/mol. The van der Waals surface area contributed by atoms with Gasteiger partial charge in [0.05, 0.1) is 5.92 Å². The second-order valence-electron chi connectivity index (χ2n) is 3.94. The smallest absolute Gasteiger partial charge is 0.312 e. The molecule has 0 radical (unpaired) electrons. The third-order valence-electron chi connectivity index (χ3n) is 2.30. The largest absolute Gasteiger partial charge is 0.489 e. The Kier molecular flexibility index (Phi) is 4.72. The molecule has 17 heavy (non-hydrogen) atoms. The fourth-order valence-electron chi connectivity index (χ4n) is 1.38. The molecule has 1 atom stereocenters. The molecular weight excluding hydrogens is 218 g/mol. The predicted molar refractivity (Wildman–Crippen MR) is 66.2 cm³/mol. The number of carbonyl (C=O) groups is 1. The van der Waals surface area contributed by atoms with Crippen LogP contribution in [0.2, 0.25) is 0 Å². The zero-order valence-electron chi connectivity index (χ0n) is 9.85. The normalized spacial score (nSPS) is 11.9. The van der Waals surface area contributed by atoms with Crippen molar-refractivity contribution < 1.29 is 14.6 Å². The highest BCUT2D eigenvalue weighted by Crippen LogP contribution is 2.19. The second-order valence-corrected chi connectivity index (χ2v) is 3.94. The molecule has 92 valence electrons. The zero-order valence-corrected chi connectivity index (χ0v) is 9.85. The number of carboxylic acids is 1. The lowest BCUT2D eigenvalue weighted by atomic mass is 9.99. The van der Waals surface area contributed by atoms with Crippen molar-refractivity contribution in [1.29, 1.82) is 0 Å². The van der Waals surface area contributed by atoms with Gasteiger partial charge < -0.3 is 15.6 Å². The molecule has 0 spiro atoms. The molecule has 1 rings (SSSR count). The van der Waals surface area contributed by atoms with Gasteiger partial charge >= 0.3 is 5.97 Å². The summed E-state index contributed by atoms with van der Waals surface area (Å²) in [6.07, 6.45) is 0. The first-order valence-corrected chi connectivity index (χ1v) is 5.34. The molecule has 4 nitrogen and oxygen atoms in total. The highest BCUT2D eigenvalue weighted by atomic mass is 16.5. The first-order chi connectivity index (χ1) is 8.04. The maximum atomic E-state index is 10.9. The lowest BCUT2D eigenvalue weighted by Gasteiger charge is -2.11. The third kappa shape index (κ3) is 3.92. The van der Waals surface area contributed by atoms with Crippen LogP contribution in [0.4, 0.5) is 0 Å². The van der Waals surface area contributed by atoms with E-state index in [9.17, 15) is 4.79 Å². The second kappa shape index (κ2) is 6.06. The van der Waals surface area contributed by atoms with Crippen molar-refractivity contribution in [3.63, 3.8) is 0 Å². The lowest BCUT2D eigenvalue weighted by Crippen LogP contribution is -2.20. The Morgan fingerprint density at radius 1 is 1.47 bits per heavy atom. The molecule has 0 aromatic heterocycles. The molecule has 0 fully saturated rings. The number of hydrogen-bond donors (Lipinski definition) is 2. The average Bonchev–Trinajstić information content (AvgIpc) is 2.28. The van der Waals surface area contributed by atoms with Crippen LogP contribution in [-0.2, 0) is 4.79 Å². The van der Waals surface area contributed by atoms with E-state index in [0.29, 0.717) is 17.9 Å². The summed E-state index contributed by atoms with van der Waals surface area (Å²) in [5.41, 5.74) is 7.03. The van der Waals surface area contributed by atoms with Crippen LogP contribution in [0.15, 0.2) is 36.4 Å². The number of rotatable bonds is 6. The van der Waals surface area contributed by atoms with Crippen molar-refractivity contribution >= 4 is 5.97 Å². The fraction of sp³-hybridized carbons (Fsp3) is 0.308. The van der Waals surface area contributed by atoms with Crippen molar-refractivity contribution in [2.24, 2.45) is 5.73 Å². The van der Waals surface area contributed by atoms with Crippen LogP contribution < -0.4 is 10.5 Å². The van der Waals surface area contributed by atoms with Crippen LogP contribution in [-0.4, -0.2) is 24.2 Å². The van der Waals surface area contributed by atoms with Crippen molar-refractivity contribution in [3.05, 3.63) is 42.0 Å². The van der Waals surface area contributed by atoms with Crippen molar-refractivity contribution in [1.82, 2.24) is 0 Å². The van der Waals surface area contributed by atoms with E-state index in [1.54, 1.807) is 24.3 Å². The van der Waals surface area contributed by atoms with Gasteiger partial charge in [-0.1, -0.05) is 18.7 Å². The molecule has 4 heteroatoms. The summed E-state index contributed by atoms with van der Waals surface area (Å²) in [4.78, 5) is 10.9. The summed E-state index contributed by atoms with van der Waals surface area (Å²) in [6.45, 7) is 6.15. The van der Waals surface area contributed by atoms with E-state index >= 15 is 0 Å². The predicted octanol–water partition coefficient (Wildman–Crippen LogP) is 1.77. The van der Waals surface area contributed by atoms with E-state index in [0.717, 1.165) is 5.57 Å². The lowest BCUT2D eigenvalue weighted by molar-refractivity contribution is -0.138. The van der Waals surface area contributed by atoms with E-state index in [-0.39, 0.29) is 6.54 Å². The number of nitrogens with two attached hydrogens (primary N) is 1. The Bertz CT molecular complexity index is 398. The molecule has 1 aromatic rings. The molecule has 0 aliphatic rings. The fourth-order valence-corrected chi connectivity index (χ4v) is 1.38. The molecular formula is C13H17NO3. The summed E-state index contributed by atoms with van der Waals surface area (Å²) < 4.78 is 5.42. The minimum atomic E-state index is -0.914. The van der Waals surface area contributed by atoms with Gasteiger partial charge in [-0.05, 0) is 30.2 Å². The maximum absolute atomic E-state index is 10.9. The number of hydrogen-bond acceptors (Lipinski definition) is 3. The molecule has 0 bridgehead atoms. The molecule has 1 aromatic carbocycles. The van der Waals surface area contributed by atoms with Gasteiger partial charge in [0.1, 0.15) is 12.4 Å². The van der Waals surface area contributed by atoms with Crippen molar-refractivity contribution in [3.8, 4) is 5.75 Å². The summed E-state index contributed by atoms with van der Waals surface area (Å²) in [5, 5.41) is 8.95. The van der Waals surface area contributed by atoms with E-state index in [1.165, 1.54) is 0 Å².